The molecule has 1 spiro atoms. The lowest BCUT2D eigenvalue weighted by molar-refractivity contribution is -0.121. The van der Waals surface area contributed by atoms with E-state index in [4.69, 9.17) is 4.74 Å². The first kappa shape index (κ1) is 19.1. The Morgan fingerprint density at radius 1 is 1.10 bits per heavy atom. The summed E-state index contributed by atoms with van der Waals surface area (Å²) in [7, 11) is 1.58. The molecule has 156 valence electrons. The van der Waals surface area contributed by atoms with E-state index >= 15 is 0 Å². The minimum Gasteiger partial charge on any atom is -0.497 e. The van der Waals surface area contributed by atoms with Crippen molar-refractivity contribution in [3.63, 3.8) is 0 Å². The number of carbonyl (C=O) groups is 2. The van der Waals surface area contributed by atoms with E-state index in [0.29, 0.717) is 18.7 Å². The lowest BCUT2D eigenvalue weighted by atomic mass is 9.72. The quantitative estimate of drug-likeness (QED) is 0.688. The van der Waals surface area contributed by atoms with Crippen LogP contribution in [0.2, 0.25) is 0 Å². The van der Waals surface area contributed by atoms with Crippen molar-refractivity contribution >= 4 is 17.5 Å². The molecule has 0 aliphatic carbocycles. The van der Waals surface area contributed by atoms with Gasteiger partial charge in [-0.3, -0.25) is 14.4 Å². The van der Waals surface area contributed by atoms with Crippen LogP contribution in [0.5, 0.6) is 5.75 Å². The van der Waals surface area contributed by atoms with Crippen LogP contribution in [0.4, 0.5) is 5.69 Å². The minimum absolute atomic E-state index is 0.0548. The number of benzene rings is 2. The molecule has 2 aliphatic heterocycles. The zero-order valence-corrected chi connectivity index (χ0v) is 16.9. The van der Waals surface area contributed by atoms with E-state index in [1.165, 1.54) is 12.3 Å². The number of anilines is 1. The van der Waals surface area contributed by atoms with Gasteiger partial charge in [0.15, 0.2) is 0 Å². The van der Waals surface area contributed by atoms with Gasteiger partial charge in [0.1, 0.15) is 16.7 Å². The fourth-order valence-electron chi connectivity index (χ4n) is 4.93. The number of ether oxygens (including phenoxy) is 1. The average Bonchev–Trinajstić information content (AvgIpc) is 3.33. The van der Waals surface area contributed by atoms with Gasteiger partial charge in [0.2, 0.25) is 5.91 Å². The maximum atomic E-state index is 13.5. The molecule has 0 bridgehead atoms. The molecule has 2 atom stereocenters. The Morgan fingerprint density at radius 2 is 1.94 bits per heavy atom. The Morgan fingerprint density at radius 3 is 2.74 bits per heavy atom. The number of hydrogen-bond donors (Lipinski definition) is 2. The summed E-state index contributed by atoms with van der Waals surface area (Å²) in [5, 5.41) is 2.99. The number of H-pyrrole nitrogens is 1. The fourth-order valence-corrected chi connectivity index (χ4v) is 4.93. The van der Waals surface area contributed by atoms with Crippen molar-refractivity contribution in [1.29, 1.82) is 0 Å². The lowest BCUT2D eigenvalue weighted by Gasteiger charge is -2.34. The van der Waals surface area contributed by atoms with Gasteiger partial charge in [-0.1, -0.05) is 30.3 Å². The predicted molar refractivity (Wildman–Crippen MR) is 115 cm³/mol. The Kier molecular flexibility index (Phi) is 4.39. The van der Waals surface area contributed by atoms with Gasteiger partial charge < -0.3 is 19.9 Å². The second-order valence-corrected chi connectivity index (χ2v) is 7.81. The third-order valence-corrected chi connectivity index (χ3v) is 6.31. The summed E-state index contributed by atoms with van der Waals surface area (Å²) in [5.41, 5.74) is 1.06. The highest BCUT2D eigenvalue weighted by Crippen LogP contribution is 2.55. The largest absolute Gasteiger partial charge is 0.497 e. The van der Waals surface area contributed by atoms with Crippen molar-refractivity contribution in [2.24, 2.45) is 0 Å². The number of nitrogens with zero attached hydrogens (tertiary/aromatic N) is 1. The molecule has 2 amide bonds. The van der Waals surface area contributed by atoms with Crippen LogP contribution in [0, 0.1) is 0 Å². The van der Waals surface area contributed by atoms with Gasteiger partial charge in [-0.15, -0.1) is 0 Å². The van der Waals surface area contributed by atoms with Gasteiger partial charge in [0, 0.05) is 18.4 Å². The molecule has 5 rings (SSSR count). The number of fused-ring (bicyclic) bond motifs is 2. The van der Waals surface area contributed by atoms with Crippen molar-refractivity contribution in [2.45, 2.75) is 17.9 Å². The van der Waals surface area contributed by atoms with E-state index in [0.717, 1.165) is 16.8 Å². The molecule has 2 N–H and O–H groups in total. The molecule has 7 heteroatoms. The number of hydrogen-bond acceptors (Lipinski definition) is 4. The Balaban J connectivity index is 1.70. The molecular formula is C24H21N3O4. The molecule has 0 radical (unpaired) electrons. The van der Waals surface area contributed by atoms with Gasteiger partial charge in [-0.25, -0.2) is 0 Å². The molecule has 0 unspecified atom stereocenters. The molecule has 1 fully saturated rings. The lowest BCUT2D eigenvalue weighted by Crippen LogP contribution is -2.43. The van der Waals surface area contributed by atoms with Crippen LogP contribution in [0.1, 0.15) is 33.9 Å². The number of nitrogens with one attached hydrogen (secondary N) is 2. The first-order chi connectivity index (χ1) is 15.1. The van der Waals surface area contributed by atoms with Crippen molar-refractivity contribution in [1.82, 2.24) is 9.88 Å². The first-order valence-electron chi connectivity index (χ1n) is 10.1. The van der Waals surface area contributed by atoms with Crippen LogP contribution in [0.3, 0.4) is 0 Å². The summed E-state index contributed by atoms with van der Waals surface area (Å²) in [6.07, 6.45) is 1.94. The number of methoxy groups -OCH3 is 1. The SMILES string of the molecule is COc1cccc([C@@H]2N(C(=O)c3ccc[nH]c3=O)CC[C@]23C(=O)Nc2ccccc23)c1. The zero-order chi connectivity index (χ0) is 21.6. The first-order valence-corrected chi connectivity index (χ1v) is 10.1. The number of pyridine rings is 1. The summed E-state index contributed by atoms with van der Waals surface area (Å²) < 4.78 is 5.40. The van der Waals surface area contributed by atoms with Crippen molar-refractivity contribution in [3.8, 4) is 5.75 Å². The third kappa shape index (κ3) is 2.77. The van der Waals surface area contributed by atoms with Crippen LogP contribution in [0.25, 0.3) is 0 Å². The molecule has 0 saturated carbocycles. The van der Waals surface area contributed by atoms with Crippen molar-refractivity contribution in [2.75, 3.05) is 19.0 Å². The van der Waals surface area contributed by atoms with Gasteiger partial charge in [-0.2, -0.15) is 0 Å². The standard InChI is InChI=1S/C24H21N3O4/c1-31-16-7-4-6-15(14-16)20-24(18-9-2-3-10-19(18)26-23(24)30)11-13-27(20)22(29)17-8-5-12-25-21(17)28/h2-10,12,14,20H,11,13H2,1H3,(H,25,28)(H,26,30)/t20-,24+/m0/s1. The summed E-state index contributed by atoms with van der Waals surface area (Å²) in [5.74, 6) is 0.0960. The van der Waals surface area contributed by atoms with Gasteiger partial charge in [0.05, 0.1) is 13.2 Å². The van der Waals surface area contributed by atoms with Gasteiger partial charge >= 0.3 is 0 Å². The zero-order valence-electron chi connectivity index (χ0n) is 16.9. The van der Waals surface area contributed by atoms with E-state index in [2.05, 4.69) is 10.3 Å². The highest BCUT2D eigenvalue weighted by Gasteiger charge is 2.59. The van der Waals surface area contributed by atoms with Gasteiger partial charge in [-0.05, 0) is 47.9 Å². The minimum atomic E-state index is -0.944. The van der Waals surface area contributed by atoms with Crippen LogP contribution in [-0.4, -0.2) is 35.4 Å². The number of likely N-dealkylation sites (tertiary alicyclic amines) is 1. The van der Waals surface area contributed by atoms with E-state index in [-0.39, 0.29) is 11.5 Å². The monoisotopic (exact) mass is 415 g/mol. The summed E-state index contributed by atoms with van der Waals surface area (Å²) in [6, 6.07) is 17.5. The van der Waals surface area contributed by atoms with Crippen molar-refractivity contribution < 1.29 is 14.3 Å². The predicted octanol–water partition coefficient (Wildman–Crippen LogP) is 2.86. The smallest absolute Gasteiger partial charge is 0.260 e. The summed E-state index contributed by atoms with van der Waals surface area (Å²) >= 11 is 0. The number of aromatic amines is 1. The van der Waals surface area contributed by atoms with E-state index in [9.17, 15) is 14.4 Å². The fraction of sp³-hybridized carbons (Fsp3) is 0.208. The molecule has 1 saturated heterocycles. The normalized spacial score (nSPS) is 21.8. The third-order valence-electron chi connectivity index (χ3n) is 6.31. The topological polar surface area (TPSA) is 91.5 Å². The number of amides is 2. The maximum Gasteiger partial charge on any atom is 0.260 e. The molecule has 2 aliphatic rings. The number of aromatic nitrogens is 1. The van der Waals surface area contributed by atoms with Crippen LogP contribution in [0.15, 0.2) is 71.7 Å². The Hall–Kier alpha value is -3.87. The van der Waals surface area contributed by atoms with E-state index in [1.54, 1.807) is 18.1 Å². The average molecular weight is 415 g/mol. The Labute approximate surface area is 178 Å². The highest BCUT2D eigenvalue weighted by molar-refractivity contribution is 6.08. The molecule has 1 aromatic heterocycles. The van der Waals surface area contributed by atoms with Gasteiger partial charge in [0.25, 0.3) is 11.5 Å². The highest BCUT2D eigenvalue weighted by atomic mass is 16.5. The molecular weight excluding hydrogens is 394 g/mol. The van der Waals surface area contributed by atoms with E-state index in [1.807, 2.05) is 48.5 Å². The molecule has 2 aromatic carbocycles. The molecule has 31 heavy (non-hydrogen) atoms. The van der Waals surface area contributed by atoms with Crippen LogP contribution < -0.4 is 15.6 Å². The summed E-state index contributed by atoms with van der Waals surface area (Å²) in [4.78, 5) is 43.5. The molecule has 3 aromatic rings. The van der Waals surface area contributed by atoms with Crippen molar-refractivity contribution in [3.05, 3.63) is 93.9 Å². The van der Waals surface area contributed by atoms with Crippen LogP contribution >= 0.6 is 0 Å². The Bertz CT molecular complexity index is 1250. The number of rotatable bonds is 3. The molecule has 3 heterocycles. The maximum absolute atomic E-state index is 13.5. The summed E-state index contributed by atoms with van der Waals surface area (Å²) in [6.45, 7) is 0.344. The number of carbonyl (C=O) groups excluding carboxylic acids is 2. The number of para-hydroxylation sites is 1. The van der Waals surface area contributed by atoms with E-state index < -0.39 is 22.9 Å². The second-order valence-electron chi connectivity index (χ2n) is 7.81. The molecule has 7 nitrogen and oxygen atoms in total. The van der Waals surface area contributed by atoms with Crippen LogP contribution in [-0.2, 0) is 10.2 Å². The second kappa shape index (κ2) is 7.12.